The van der Waals surface area contributed by atoms with Gasteiger partial charge in [-0.1, -0.05) is 42.5 Å². The summed E-state index contributed by atoms with van der Waals surface area (Å²) in [4.78, 5) is 38.6. The van der Waals surface area contributed by atoms with Crippen LogP contribution >= 0.6 is 0 Å². The molecule has 6 nitrogen and oxygen atoms in total. The van der Waals surface area contributed by atoms with E-state index in [0.29, 0.717) is 30.0 Å². The number of nitrogens with zero attached hydrogens (tertiary/aromatic N) is 1. The second-order valence-electron chi connectivity index (χ2n) is 6.88. The fourth-order valence-electron chi connectivity index (χ4n) is 3.63. The van der Waals surface area contributed by atoms with E-state index in [1.54, 1.807) is 24.3 Å². The van der Waals surface area contributed by atoms with Gasteiger partial charge in [-0.25, -0.2) is 0 Å². The number of rotatable bonds is 5. The summed E-state index contributed by atoms with van der Waals surface area (Å²) < 4.78 is 5.83. The molecule has 0 unspecified atom stereocenters. The Bertz CT molecular complexity index is 913. The maximum absolute atomic E-state index is 12.5. The number of amides is 3. The zero-order valence-electron chi connectivity index (χ0n) is 15.2. The highest BCUT2D eigenvalue weighted by molar-refractivity contribution is 6.09. The van der Waals surface area contributed by atoms with Gasteiger partial charge in [0.2, 0.25) is 17.7 Å². The Morgan fingerprint density at radius 1 is 0.929 bits per heavy atom. The van der Waals surface area contributed by atoms with Crippen LogP contribution < -0.4 is 10.1 Å². The Balaban J connectivity index is 1.45. The molecule has 142 valence electrons. The lowest BCUT2D eigenvalue weighted by atomic mass is 9.85. The first-order chi connectivity index (χ1) is 13.6. The average molecular weight is 376 g/mol. The molecule has 6 heteroatoms. The van der Waals surface area contributed by atoms with Gasteiger partial charge < -0.3 is 10.1 Å². The molecule has 0 spiro atoms. The molecule has 1 aliphatic carbocycles. The molecule has 0 aromatic heterocycles. The number of allylic oxidation sites excluding steroid dienone is 2. The van der Waals surface area contributed by atoms with Gasteiger partial charge in [-0.05, 0) is 37.1 Å². The van der Waals surface area contributed by atoms with Crippen molar-refractivity contribution in [2.24, 2.45) is 11.8 Å². The quantitative estimate of drug-likeness (QED) is 0.641. The van der Waals surface area contributed by atoms with Gasteiger partial charge in [-0.2, -0.15) is 0 Å². The lowest BCUT2D eigenvalue weighted by Crippen LogP contribution is -2.38. The summed E-state index contributed by atoms with van der Waals surface area (Å²) in [5.41, 5.74) is 0.481. The Labute approximate surface area is 162 Å². The van der Waals surface area contributed by atoms with E-state index >= 15 is 0 Å². The lowest BCUT2D eigenvalue weighted by Gasteiger charge is -2.16. The van der Waals surface area contributed by atoms with Crippen LogP contribution in [0.4, 0.5) is 5.69 Å². The molecule has 1 fully saturated rings. The van der Waals surface area contributed by atoms with Crippen molar-refractivity contribution in [3.63, 3.8) is 0 Å². The maximum atomic E-state index is 12.5. The number of benzene rings is 2. The van der Waals surface area contributed by atoms with Crippen LogP contribution in [0.25, 0.3) is 0 Å². The van der Waals surface area contributed by atoms with Crippen molar-refractivity contribution >= 4 is 23.4 Å². The summed E-state index contributed by atoms with van der Waals surface area (Å²) in [6.07, 6.45) is 4.96. The number of hydrogen-bond acceptors (Lipinski definition) is 4. The molecule has 1 heterocycles. The normalized spacial score (nSPS) is 20.8. The van der Waals surface area contributed by atoms with Crippen molar-refractivity contribution in [3.05, 3.63) is 66.7 Å². The molecular weight excluding hydrogens is 356 g/mol. The number of anilines is 1. The largest absolute Gasteiger partial charge is 0.455 e. The summed E-state index contributed by atoms with van der Waals surface area (Å²) in [6, 6.07) is 16.3. The monoisotopic (exact) mass is 376 g/mol. The number of ether oxygens (including phenoxy) is 1. The zero-order chi connectivity index (χ0) is 19.5. The van der Waals surface area contributed by atoms with Gasteiger partial charge in [0.05, 0.1) is 17.5 Å². The molecule has 2 aromatic carbocycles. The predicted molar refractivity (Wildman–Crippen MR) is 104 cm³/mol. The van der Waals surface area contributed by atoms with E-state index in [4.69, 9.17) is 4.74 Å². The molecule has 2 aromatic rings. The van der Waals surface area contributed by atoms with Gasteiger partial charge in [0, 0.05) is 0 Å². The smallest absolute Gasteiger partial charge is 0.244 e. The number of hydrogen-bond donors (Lipinski definition) is 1. The van der Waals surface area contributed by atoms with E-state index < -0.39 is 5.91 Å². The summed E-state index contributed by atoms with van der Waals surface area (Å²) in [5, 5.41) is 2.75. The van der Waals surface area contributed by atoms with Gasteiger partial charge in [-0.3, -0.25) is 19.3 Å². The minimum Gasteiger partial charge on any atom is -0.455 e. The number of para-hydroxylation sites is 3. The lowest BCUT2D eigenvalue weighted by molar-refractivity contribution is -0.142. The van der Waals surface area contributed by atoms with Crippen molar-refractivity contribution in [3.8, 4) is 11.5 Å². The highest BCUT2D eigenvalue weighted by Gasteiger charge is 2.47. The number of carbonyl (C=O) groups is 3. The first-order valence-corrected chi connectivity index (χ1v) is 9.25. The summed E-state index contributed by atoms with van der Waals surface area (Å²) >= 11 is 0. The Morgan fingerprint density at radius 3 is 2.21 bits per heavy atom. The van der Waals surface area contributed by atoms with Crippen LogP contribution in [0, 0.1) is 11.8 Å². The molecule has 1 N–H and O–H groups in total. The van der Waals surface area contributed by atoms with Gasteiger partial charge in [0.1, 0.15) is 12.3 Å². The van der Waals surface area contributed by atoms with Gasteiger partial charge >= 0.3 is 0 Å². The zero-order valence-corrected chi connectivity index (χ0v) is 15.2. The highest BCUT2D eigenvalue weighted by Crippen LogP contribution is 2.35. The van der Waals surface area contributed by atoms with Gasteiger partial charge in [-0.15, -0.1) is 0 Å². The minimum absolute atomic E-state index is 0.261. The molecule has 4 rings (SSSR count). The standard InChI is InChI=1S/C22H20N2O4/c25-20(14-24-21(26)16-10-4-5-11-17(16)22(24)27)23-18-12-6-7-13-19(18)28-15-8-2-1-3-9-15/h1-9,12-13,16-17H,10-11,14H2,(H,23,25)/t16-,17-/m1/s1. The van der Waals surface area contributed by atoms with Crippen LogP contribution in [0.5, 0.6) is 11.5 Å². The van der Waals surface area contributed by atoms with Crippen molar-refractivity contribution in [2.45, 2.75) is 12.8 Å². The third-order valence-electron chi connectivity index (χ3n) is 5.03. The van der Waals surface area contributed by atoms with Crippen LogP contribution in [0.3, 0.4) is 0 Å². The second kappa shape index (κ2) is 7.68. The minimum atomic E-state index is -0.433. The second-order valence-corrected chi connectivity index (χ2v) is 6.88. The van der Waals surface area contributed by atoms with E-state index in [1.807, 2.05) is 42.5 Å². The Morgan fingerprint density at radius 2 is 1.54 bits per heavy atom. The predicted octanol–water partition coefficient (Wildman–Crippen LogP) is 3.37. The van der Waals surface area contributed by atoms with E-state index in [-0.39, 0.29) is 30.2 Å². The summed E-state index contributed by atoms with van der Waals surface area (Å²) in [5.74, 6) is -0.494. The third kappa shape index (κ3) is 3.53. The fourth-order valence-corrected chi connectivity index (χ4v) is 3.63. The number of carbonyl (C=O) groups excluding carboxylic acids is 3. The van der Waals surface area contributed by atoms with E-state index in [2.05, 4.69) is 5.32 Å². The summed E-state index contributed by atoms with van der Waals surface area (Å²) in [6.45, 7) is -0.287. The Hall–Kier alpha value is -3.41. The van der Waals surface area contributed by atoms with Gasteiger partial charge in [0.15, 0.2) is 5.75 Å². The molecule has 0 radical (unpaired) electrons. The third-order valence-corrected chi connectivity index (χ3v) is 5.03. The van der Waals surface area contributed by atoms with E-state index in [1.165, 1.54) is 0 Å². The van der Waals surface area contributed by atoms with Crippen molar-refractivity contribution in [1.82, 2.24) is 4.90 Å². The number of fused-ring (bicyclic) bond motifs is 1. The first kappa shape index (κ1) is 18.0. The number of nitrogens with one attached hydrogen (secondary N) is 1. The topological polar surface area (TPSA) is 75.7 Å². The first-order valence-electron chi connectivity index (χ1n) is 9.25. The van der Waals surface area contributed by atoms with E-state index in [9.17, 15) is 14.4 Å². The SMILES string of the molecule is O=C(CN1C(=O)[C@@H]2CC=CC[C@H]2C1=O)Nc1ccccc1Oc1ccccc1. The molecule has 2 atom stereocenters. The highest BCUT2D eigenvalue weighted by atomic mass is 16.5. The maximum Gasteiger partial charge on any atom is 0.244 e. The fraction of sp³-hybridized carbons (Fsp3) is 0.227. The van der Waals surface area contributed by atoms with Crippen LogP contribution in [0.15, 0.2) is 66.7 Å². The van der Waals surface area contributed by atoms with Crippen LogP contribution in [0.2, 0.25) is 0 Å². The summed E-state index contributed by atoms with van der Waals surface area (Å²) in [7, 11) is 0. The van der Waals surface area contributed by atoms with Crippen LogP contribution in [0.1, 0.15) is 12.8 Å². The molecule has 28 heavy (non-hydrogen) atoms. The van der Waals surface area contributed by atoms with Gasteiger partial charge in [0.25, 0.3) is 0 Å². The molecule has 0 bridgehead atoms. The van der Waals surface area contributed by atoms with Crippen molar-refractivity contribution < 1.29 is 19.1 Å². The molecule has 1 aliphatic heterocycles. The molecule has 3 amide bonds. The molecular formula is C22H20N2O4. The number of imide groups is 1. The van der Waals surface area contributed by atoms with Crippen LogP contribution in [-0.4, -0.2) is 29.2 Å². The van der Waals surface area contributed by atoms with Crippen molar-refractivity contribution in [2.75, 3.05) is 11.9 Å². The molecule has 0 saturated carbocycles. The van der Waals surface area contributed by atoms with Crippen LogP contribution in [-0.2, 0) is 14.4 Å². The number of likely N-dealkylation sites (tertiary alicyclic amines) is 1. The molecule has 1 saturated heterocycles. The van der Waals surface area contributed by atoms with Crippen molar-refractivity contribution in [1.29, 1.82) is 0 Å². The van der Waals surface area contributed by atoms with E-state index in [0.717, 1.165) is 4.90 Å². The Kier molecular flexibility index (Phi) is 4.93. The average Bonchev–Trinajstić information content (AvgIpc) is 2.95. The molecule has 2 aliphatic rings.